The molecule has 0 aromatic carbocycles. The summed E-state index contributed by atoms with van der Waals surface area (Å²) in [6.45, 7) is 10.1. The lowest BCUT2D eigenvalue weighted by atomic mass is 10.0. The molecule has 1 atom stereocenters. The lowest BCUT2D eigenvalue weighted by molar-refractivity contribution is 0.395. The fraction of sp³-hybridized carbons (Fsp3) is 0.833. The van der Waals surface area contributed by atoms with E-state index in [0.29, 0.717) is 12.1 Å². The molecule has 0 aliphatic heterocycles. The van der Waals surface area contributed by atoms with Gasteiger partial charge in [0, 0.05) is 17.3 Å². The second-order valence-corrected chi connectivity index (χ2v) is 6.59. The second kappa shape index (κ2) is 7.98. The van der Waals surface area contributed by atoms with Gasteiger partial charge in [-0.2, -0.15) is 5.10 Å². The highest BCUT2D eigenvalue weighted by atomic mass is 15.3. The summed E-state index contributed by atoms with van der Waals surface area (Å²) < 4.78 is 2.35. The Labute approximate surface area is 130 Å². The van der Waals surface area contributed by atoms with Crippen LogP contribution in [0.3, 0.4) is 0 Å². The average Bonchev–Trinajstić information content (AvgIpc) is 2.70. The summed E-state index contributed by atoms with van der Waals surface area (Å²) in [6, 6.07) is 1.09. The van der Waals surface area contributed by atoms with Crippen LogP contribution in [-0.2, 0) is 0 Å². The van der Waals surface area contributed by atoms with Crippen molar-refractivity contribution >= 4 is 0 Å². The molecule has 0 radical (unpaired) electrons. The van der Waals surface area contributed by atoms with Crippen LogP contribution in [0.4, 0.5) is 0 Å². The van der Waals surface area contributed by atoms with Crippen molar-refractivity contribution < 1.29 is 0 Å². The summed E-state index contributed by atoms with van der Waals surface area (Å²) in [4.78, 5) is 0. The highest BCUT2D eigenvalue weighted by molar-refractivity contribution is 5.28. The molecule has 0 amide bonds. The summed E-state index contributed by atoms with van der Waals surface area (Å²) in [6.07, 6.45) is 10.5. The number of hydrogen-bond donors (Lipinski definition) is 1. The van der Waals surface area contributed by atoms with Gasteiger partial charge in [-0.15, -0.1) is 0 Å². The van der Waals surface area contributed by atoms with Gasteiger partial charge in [0.2, 0.25) is 0 Å². The minimum atomic E-state index is 0.462. The summed E-state index contributed by atoms with van der Waals surface area (Å²) in [5.41, 5.74) is 4.08. The van der Waals surface area contributed by atoms with Gasteiger partial charge in [-0.1, -0.05) is 39.5 Å². The first-order valence-corrected chi connectivity index (χ1v) is 8.98. The first-order chi connectivity index (χ1) is 10.2. The Kier molecular flexibility index (Phi) is 6.28. The molecule has 0 saturated heterocycles. The highest BCUT2D eigenvalue weighted by Gasteiger charge is 2.23. The van der Waals surface area contributed by atoms with E-state index in [9.17, 15) is 0 Å². The Morgan fingerprint density at radius 2 is 1.81 bits per heavy atom. The molecule has 1 aromatic rings. The molecule has 1 heterocycles. The Morgan fingerprint density at radius 1 is 1.14 bits per heavy atom. The molecule has 1 aliphatic rings. The predicted molar refractivity (Wildman–Crippen MR) is 89.8 cm³/mol. The Morgan fingerprint density at radius 3 is 2.38 bits per heavy atom. The van der Waals surface area contributed by atoms with Crippen LogP contribution in [0.5, 0.6) is 0 Å². The fourth-order valence-electron chi connectivity index (χ4n) is 3.81. The Hall–Kier alpha value is -0.830. The fourth-order valence-corrected chi connectivity index (χ4v) is 3.81. The molecule has 3 heteroatoms. The average molecular weight is 291 g/mol. The van der Waals surface area contributed by atoms with Gasteiger partial charge in [0.1, 0.15) is 0 Å². The van der Waals surface area contributed by atoms with E-state index in [1.165, 1.54) is 61.9 Å². The molecular weight excluding hydrogens is 258 g/mol. The highest BCUT2D eigenvalue weighted by Crippen LogP contribution is 2.32. The van der Waals surface area contributed by atoms with Gasteiger partial charge in [-0.05, 0) is 46.1 Å². The number of aromatic nitrogens is 2. The standard InChI is InChI=1S/C18H33N3/c1-5-13-19-17(6-2)18-14(3)20-21(15(18)4)16-11-9-7-8-10-12-16/h16-17,19H,5-13H2,1-4H3. The molecule has 1 saturated carbocycles. The van der Waals surface area contributed by atoms with Gasteiger partial charge >= 0.3 is 0 Å². The van der Waals surface area contributed by atoms with Crippen molar-refractivity contribution in [3.63, 3.8) is 0 Å². The van der Waals surface area contributed by atoms with Gasteiger partial charge in [0.15, 0.2) is 0 Å². The summed E-state index contributed by atoms with van der Waals surface area (Å²) in [7, 11) is 0. The molecule has 21 heavy (non-hydrogen) atoms. The van der Waals surface area contributed by atoms with Crippen LogP contribution in [0.15, 0.2) is 0 Å². The zero-order chi connectivity index (χ0) is 15.2. The molecule has 2 rings (SSSR count). The summed E-state index contributed by atoms with van der Waals surface area (Å²) >= 11 is 0. The maximum absolute atomic E-state index is 4.93. The third-order valence-electron chi connectivity index (χ3n) is 4.95. The lowest BCUT2D eigenvalue weighted by Crippen LogP contribution is -2.22. The zero-order valence-corrected chi connectivity index (χ0v) is 14.4. The number of nitrogens with one attached hydrogen (secondary N) is 1. The first kappa shape index (κ1) is 16.5. The monoisotopic (exact) mass is 291 g/mol. The molecule has 1 unspecified atom stereocenters. The Bertz CT molecular complexity index is 428. The molecule has 1 aliphatic carbocycles. The van der Waals surface area contributed by atoms with Crippen LogP contribution < -0.4 is 5.32 Å². The Balaban J connectivity index is 2.22. The molecule has 3 nitrogen and oxygen atoms in total. The maximum atomic E-state index is 4.93. The molecule has 1 N–H and O–H groups in total. The molecular formula is C18H33N3. The third kappa shape index (κ3) is 3.88. The topological polar surface area (TPSA) is 29.9 Å². The van der Waals surface area contributed by atoms with E-state index in [-0.39, 0.29) is 0 Å². The van der Waals surface area contributed by atoms with Crippen LogP contribution >= 0.6 is 0 Å². The van der Waals surface area contributed by atoms with E-state index in [1.807, 2.05) is 0 Å². The van der Waals surface area contributed by atoms with Crippen LogP contribution in [0.2, 0.25) is 0 Å². The minimum absolute atomic E-state index is 0.462. The van der Waals surface area contributed by atoms with E-state index in [4.69, 9.17) is 5.10 Å². The van der Waals surface area contributed by atoms with Gasteiger partial charge in [-0.25, -0.2) is 0 Å². The number of nitrogens with zero attached hydrogens (tertiary/aromatic N) is 2. The minimum Gasteiger partial charge on any atom is -0.310 e. The number of aryl methyl sites for hydroxylation is 1. The van der Waals surface area contributed by atoms with Crippen molar-refractivity contribution in [1.82, 2.24) is 15.1 Å². The summed E-state index contributed by atoms with van der Waals surface area (Å²) in [5, 5.41) is 8.62. The van der Waals surface area contributed by atoms with Crippen molar-refractivity contribution in [2.24, 2.45) is 0 Å². The van der Waals surface area contributed by atoms with Crippen molar-refractivity contribution in [2.75, 3.05) is 6.54 Å². The van der Waals surface area contributed by atoms with Crippen molar-refractivity contribution in [3.8, 4) is 0 Å². The predicted octanol–water partition coefficient (Wildman–Crippen LogP) is 4.85. The third-order valence-corrected chi connectivity index (χ3v) is 4.95. The normalized spacial score (nSPS) is 18.7. The van der Waals surface area contributed by atoms with Crippen LogP contribution in [0, 0.1) is 13.8 Å². The first-order valence-electron chi connectivity index (χ1n) is 8.98. The molecule has 0 bridgehead atoms. The summed E-state index contributed by atoms with van der Waals surface area (Å²) in [5.74, 6) is 0. The van der Waals surface area contributed by atoms with E-state index >= 15 is 0 Å². The molecule has 1 aromatic heterocycles. The van der Waals surface area contributed by atoms with E-state index in [2.05, 4.69) is 37.7 Å². The van der Waals surface area contributed by atoms with Gasteiger partial charge in [-0.3, -0.25) is 4.68 Å². The lowest BCUT2D eigenvalue weighted by Gasteiger charge is -2.20. The van der Waals surface area contributed by atoms with Crippen LogP contribution in [0.1, 0.15) is 94.2 Å². The number of rotatable bonds is 6. The van der Waals surface area contributed by atoms with Crippen LogP contribution in [0.25, 0.3) is 0 Å². The second-order valence-electron chi connectivity index (χ2n) is 6.59. The molecule has 1 fully saturated rings. The smallest absolute Gasteiger partial charge is 0.0644 e. The van der Waals surface area contributed by atoms with E-state index < -0.39 is 0 Å². The largest absolute Gasteiger partial charge is 0.310 e. The quantitative estimate of drug-likeness (QED) is 0.760. The van der Waals surface area contributed by atoms with E-state index in [1.54, 1.807) is 0 Å². The van der Waals surface area contributed by atoms with Crippen LogP contribution in [-0.4, -0.2) is 16.3 Å². The molecule has 0 spiro atoms. The van der Waals surface area contributed by atoms with Gasteiger partial charge < -0.3 is 5.32 Å². The molecule has 120 valence electrons. The van der Waals surface area contributed by atoms with Gasteiger partial charge in [0.05, 0.1) is 11.7 Å². The maximum Gasteiger partial charge on any atom is 0.0644 e. The van der Waals surface area contributed by atoms with Crippen molar-refractivity contribution in [1.29, 1.82) is 0 Å². The van der Waals surface area contributed by atoms with Gasteiger partial charge in [0.25, 0.3) is 0 Å². The zero-order valence-electron chi connectivity index (χ0n) is 14.4. The van der Waals surface area contributed by atoms with Crippen molar-refractivity contribution in [2.45, 2.75) is 91.1 Å². The SMILES string of the molecule is CCCNC(CC)c1c(C)nn(C2CCCCCC2)c1C. The van der Waals surface area contributed by atoms with Crippen molar-refractivity contribution in [3.05, 3.63) is 17.0 Å². The number of hydrogen-bond acceptors (Lipinski definition) is 2. The van der Waals surface area contributed by atoms with E-state index in [0.717, 1.165) is 13.0 Å².